The van der Waals surface area contributed by atoms with Crippen molar-refractivity contribution in [2.75, 3.05) is 112 Å². The van der Waals surface area contributed by atoms with Crippen molar-refractivity contribution >= 4 is 144 Å². The van der Waals surface area contributed by atoms with E-state index in [1.807, 2.05) is 36.5 Å². The Morgan fingerprint density at radius 2 is 0.682 bits per heavy atom. The third-order valence-electron chi connectivity index (χ3n) is 29.3. The third kappa shape index (κ3) is 14.5. The van der Waals surface area contributed by atoms with Gasteiger partial charge in [-0.3, -0.25) is 29.4 Å². The van der Waals surface area contributed by atoms with Crippen LogP contribution in [0.25, 0.3) is 110 Å². The van der Waals surface area contributed by atoms with Gasteiger partial charge >= 0.3 is 0 Å². The van der Waals surface area contributed by atoms with Crippen molar-refractivity contribution in [1.82, 2.24) is 54.3 Å². The number of rotatable bonds is 5. The number of likely N-dealkylation sites (N-methyl/N-ethyl adjacent to an activating group) is 1. The molecule has 10 aromatic heterocycles. The van der Waals surface area contributed by atoms with Crippen LogP contribution in [-0.4, -0.2) is 172 Å². The Kier molecular flexibility index (Phi) is 21.7. The molecule has 7 atom stereocenters. The zero-order valence-electron chi connectivity index (χ0n) is 76.6. The predicted octanol–water partition coefficient (Wildman–Crippen LogP) is 22.4. The van der Waals surface area contributed by atoms with Gasteiger partial charge in [-0.15, -0.1) is 0 Å². The number of benzene rings is 8. The van der Waals surface area contributed by atoms with Crippen molar-refractivity contribution in [1.29, 1.82) is 0 Å². The van der Waals surface area contributed by atoms with Gasteiger partial charge in [0.05, 0.1) is 67.4 Å². The SMILES string of the molecule is Cc1ccc2c(oc3ncccc32)c1C12CN3CN(CN(C3)C1C)C2.Cc1ccc2c(oc3ncccc32)c1N1CCCCN(C)C1C.Cc1ccc2c(oc3ncccc32)c1N1CCc2ccccc2N(C)C1C.Cc1ccc2c(oc3ncccc32)c1N1Cc2ccccc2CN(C)C1C.Cc1ccc2c(oc3ncccc32)c1N1c2ccccc2CCN(C)C1C. The lowest BCUT2D eigenvalue weighted by Crippen LogP contribution is -2.77. The number of hydrogen-bond acceptors (Lipinski definition) is 21. The summed E-state index contributed by atoms with van der Waals surface area (Å²) in [5, 5.41) is 11.2. The van der Waals surface area contributed by atoms with Gasteiger partial charge in [-0.05, 0) is 245 Å². The number of furan rings is 5. The minimum Gasteiger partial charge on any atom is -0.437 e. The van der Waals surface area contributed by atoms with Crippen molar-refractivity contribution in [3.05, 3.63) is 281 Å². The molecule has 26 rings (SSSR count). The Labute approximate surface area is 753 Å². The average Bonchev–Trinajstić information content (AvgIpc) is 1.69. The van der Waals surface area contributed by atoms with Gasteiger partial charge in [-0.25, -0.2) is 24.9 Å². The van der Waals surface area contributed by atoms with Gasteiger partial charge in [-0.1, -0.05) is 121 Å². The summed E-state index contributed by atoms with van der Waals surface area (Å²) in [5.74, 6) is 0. The van der Waals surface area contributed by atoms with Crippen LogP contribution < -0.4 is 24.5 Å². The van der Waals surface area contributed by atoms with E-state index in [1.54, 1.807) is 24.8 Å². The van der Waals surface area contributed by atoms with Gasteiger partial charge in [0, 0.05) is 166 Å². The van der Waals surface area contributed by atoms with Crippen LogP contribution in [0.5, 0.6) is 0 Å². The molecule has 5 fully saturated rings. The van der Waals surface area contributed by atoms with E-state index in [-0.39, 0.29) is 23.9 Å². The van der Waals surface area contributed by atoms with Gasteiger partial charge in [0.15, 0.2) is 22.3 Å². The standard InChI is InChI=1S/3C23H23N3O.C20H22N4O.C19H23N3O/c1-15-10-11-18-19-8-6-13-24-23(19)27-22(18)21(15)26-14-12-17-7-4-5-9-20(17)25(3)16(26)2;1-15-10-11-18-19-8-6-13-24-23(19)27-22(18)21(15)26-16(2)25(3)14-12-17-7-4-5-9-20(17)26;1-15-10-11-19-20-9-6-12-24-23(20)27-22(19)21(15)26-14-18-8-5-4-7-17(18)13-25(3)16(26)2;1-13-5-6-15-16-4-3-7-21-19(16)25-18(15)17(13)20-8-22-10-23(9-20)12-24(11-22)14(20)2;1-13-8-9-15-16-7-6-10-20-19(16)23-18(15)17(13)22-12-5-4-11-21(3)14(22)2/h2*4-11,13,16H,12,14H2,1-3H3;4-12,16H,13-14H2,1-3H3;3-7,14H,8-12H2,1-2H3;6-10,14H,4-5,11-12H2,1-3H3. The van der Waals surface area contributed by atoms with Crippen LogP contribution in [0.2, 0.25) is 0 Å². The molecule has 21 heteroatoms. The molecular formula is C108H114N16O5. The Morgan fingerprint density at radius 3 is 1.18 bits per heavy atom. The maximum absolute atomic E-state index is 6.34. The fourth-order valence-corrected chi connectivity index (χ4v) is 22.0. The number of pyridine rings is 5. The number of aromatic nitrogens is 5. The monoisotopic (exact) mass is 1710 g/mol. The van der Waals surface area contributed by atoms with E-state index < -0.39 is 0 Å². The Hall–Kier alpha value is -12.7. The van der Waals surface area contributed by atoms with E-state index >= 15 is 0 Å². The zero-order chi connectivity index (χ0) is 88.4. The lowest BCUT2D eigenvalue weighted by atomic mass is 9.68. The van der Waals surface area contributed by atoms with Gasteiger partial charge < -0.3 is 46.6 Å². The molecule has 0 spiro atoms. The van der Waals surface area contributed by atoms with E-state index in [0.29, 0.717) is 29.3 Å². The lowest BCUT2D eigenvalue weighted by Gasteiger charge is -2.64. The Bertz CT molecular complexity index is 7280. The van der Waals surface area contributed by atoms with E-state index in [9.17, 15) is 0 Å². The van der Waals surface area contributed by atoms with Gasteiger partial charge in [0.1, 0.15) is 5.58 Å². The van der Waals surface area contributed by atoms with Crippen LogP contribution in [0.3, 0.4) is 0 Å². The van der Waals surface area contributed by atoms with Crippen LogP contribution in [0.1, 0.15) is 103 Å². The molecule has 18 heterocycles. The Balaban J connectivity index is 0.0000000979. The maximum Gasteiger partial charge on any atom is 0.227 e. The normalized spacial score (nSPS) is 21.9. The highest BCUT2D eigenvalue weighted by molar-refractivity contribution is 6.12. The summed E-state index contributed by atoms with van der Waals surface area (Å²) in [4.78, 5) is 49.3. The van der Waals surface area contributed by atoms with Gasteiger partial charge in [-0.2, -0.15) is 0 Å². The van der Waals surface area contributed by atoms with Crippen molar-refractivity contribution < 1.29 is 22.1 Å². The smallest absolute Gasteiger partial charge is 0.227 e. The van der Waals surface area contributed by atoms with E-state index in [2.05, 4.69) is 340 Å². The van der Waals surface area contributed by atoms with E-state index in [1.165, 1.54) is 102 Å². The molecule has 5 saturated heterocycles. The summed E-state index contributed by atoms with van der Waals surface area (Å²) in [6.07, 6.45) is 14.5. The number of hydrogen-bond donors (Lipinski definition) is 0. The fourth-order valence-electron chi connectivity index (χ4n) is 22.0. The van der Waals surface area contributed by atoms with E-state index in [4.69, 9.17) is 22.1 Å². The van der Waals surface area contributed by atoms with Crippen LogP contribution in [0.4, 0.5) is 34.1 Å². The summed E-state index contributed by atoms with van der Waals surface area (Å²) in [5.41, 5.74) is 29.0. The molecule has 8 aliphatic rings. The number of aryl methyl sites for hydroxylation is 5. The molecule has 656 valence electrons. The Morgan fingerprint density at radius 1 is 0.310 bits per heavy atom. The first-order chi connectivity index (χ1) is 62.7. The second-order valence-corrected chi connectivity index (χ2v) is 37.0. The molecule has 129 heavy (non-hydrogen) atoms. The van der Waals surface area contributed by atoms with Crippen LogP contribution >= 0.6 is 0 Å². The average molecular weight is 1720 g/mol. The molecule has 0 saturated carbocycles. The highest BCUT2D eigenvalue weighted by atomic mass is 16.4. The molecule has 0 radical (unpaired) electrons. The third-order valence-corrected chi connectivity index (χ3v) is 29.3. The minimum atomic E-state index is 0.103. The molecule has 4 bridgehead atoms. The number of anilines is 6. The summed E-state index contributed by atoms with van der Waals surface area (Å²) >= 11 is 0. The van der Waals surface area contributed by atoms with Crippen LogP contribution in [0, 0.1) is 34.6 Å². The molecule has 8 aromatic carbocycles. The van der Waals surface area contributed by atoms with Gasteiger partial charge in [0.25, 0.3) is 0 Å². The molecule has 21 nitrogen and oxygen atoms in total. The first-order valence-electron chi connectivity index (χ1n) is 45.9. The quantitative estimate of drug-likeness (QED) is 0.159. The largest absolute Gasteiger partial charge is 0.437 e. The molecule has 7 unspecified atom stereocenters. The van der Waals surface area contributed by atoms with Crippen LogP contribution in [0.15, 0.2) is 247 Å². The first-order valence-corrected chi connectivity index (χ1v) is 45.9. The molecule has 0 amide bonds. The van der Waals surface area contributed by atoms with E-state index in [0.717, 1.165) is 179 Å². The van der Waals surface area contributed by atoms with Gasteiger partial charge in [0.2, 0.25) is 28.6 Å². The predicted molar refractivity (Wildman–Crippen MR) is 524 cm³/mol. The second kappa shape index (κ2) is 33.7. The number of fused-ring (bicyclic) bond motifs is 18. The lowest BCUT2D eigenvalue weighted by molar-refractivity contribution is -0.172. The first kappa shape index (κ1) is 83.2. The highest BCUT2D eigenvalue weighted by Crippen LogP contribution is 2.50. The molecule has 0 N–H and O–H groups in total. The zero-order valence-corrected chi connectivity index (χ0v) is 76.6. The topological polar surface area (TPSA) is 166 Å². The van der Waals surface area contributed by atoms with Crippen molar-refractivity contribution in [2.24, 2.45) is 0 Å². The maximum atomic E-state index is 6.34. The molecule has 18 aromatic rings. The van der Waals surface area contributed by atoms with Crippen molar-refractivity contribution in [3.63, 3.8) is 0 Å². The summed E-state index contributed by atoms with van der Waals surface area (Å²) in [6.45, 7) is 33.9. The van der Waals surface area contributed by atoms with Crippen molar-refractivity contribution in [2.45, 2.75) is 144 Å². The second-order valence-electron chi connectivity index (χ2n) is 37.0. The number of para-hydroxylation sites is 2. The molecule has 8 aliphatic heterocycles. The summed E-state index contributed by atoms with van der Waals surface area (Å²) in [6, 6.07) is 68.9. The molecule has 0 aliphatic carbocycles. The molecular weight excluding hydrogens is 1600 g/mol. The highest BCUT2D eigenvalue weighted by Gasteiger charge is 2.56. The summed E-state index contributed by atoms with van der Waals surface area (Å²) < 4.78 is 31.3. The number of nitrogens with zero attached hydrogens (tertiary/aromatic N) is 16. The fraction of sp³-hybridized carbons (Fsp3) is 0.324. The minimum absolute atomic E-state index is 0.103. The van der Waals surface area contributed by atoms with Crippen molar-refractivity contribution in [3.8, 4) is 0 Å². The summed E-state index contributed by atoms with van der Waals surface area (Å²) in [7, 11) is 8.77. The van der Waals surface area contributed by atoms with Crippen LogP contribution in [-0.2, 0) is 31.3 Å².